The molecule has 0 aliphatic heterocycles. The minimum Gasteiger partial charge on any atom is -0.497 e. The number of ether oxygens (including phenoxy) is 3. The summed E-state index contributed by atoms with van der Waals surface area (Å²) in [6, 6.07) is 78.1. The number of benzene rings is 8. The number of hydrogen-bond donors (Lipinski definition) is 1. The Morgan fingerprint density at radius 1 is 0.373 bits per heavy atom. The van der Waals surface area contributed by atoms with Gasteiger partial charge in [-0.2, -0.15) is 21.9 Å². The molecule has 59 heavy (non-hydrogen) atoms. The molecule has 0 aliphatic carbocycles. The van der Waals surface area contributed by atoms with Crippen molar-refractivity contribution in [2.24, 2.45) is 0 Å². The highest BCUT2D eigenvalue weighted by molar-refractivity contribution is 7.95. The van der Waals surface area contributed by atoms with Gasteiger partial charge in [0.2, 0.25) is 0 Å². The van der Waals surface area contributed by atoms with E-state index in [1.807, 2.05) is 66.7 Å². The van der Waals surface area contributed by atoms with Crippen LogP contribution in [0.1, 0.15) is 11.7 Å². The number of aliphatic hydroxyl groups excluding tert-OH is 1. The second-order valence-electron chi connectivity index (χ2n) is 14.5. The van der Waals surface area contributed by atoms with Gasteiger partial charge in [-0.3, -0.25) is 0 Å². The first kappa shape index (κ1) is 40.8. The summed E-state index contributed by atoms with van der Waals surface area (Å²) in [6.45, 7) is 0. The zero-order valence-corrected chi connectivity index (χ0v) is 34.7. The quantitative estimate of drug-likeness (QED) is 0.0957. The molecule has 0 fully saturated rings. The van der Waals surface area contributed by atoms with Gasteiger partial charge in [-0.25, -0.2) is 0 Å². The van der Waals surface area contributed by atoms with E-state index < -0.39 is 19.5 Å². The van der Waals surface area contributed by atoms with E-state index in [4.69, 9.17) is 14.2 Å². The molecule has 8 aromatic rings. The third kappa shape index (κ3) is 8.73. The summed E-state index contributed by atoms with van der Waals surface area (Å²) in [5.41, 5.74) is 6.26. The minimum absolute atomic E-state index is 0.558. The zero-order valence-electron chi connectivity index (χ0n) is 33.8. The SMILES string of the molecule is COc1ccc([P+](CC(O)c2ccccc2)(c2ccc(OC)cc2)c2ccc(OC)cc2)cc1.c1ccc([B-](c2ccccc2)(c2ccccc2)c2ccccc2)cc1. The minimum atomic E-state index is -2.28. The van der Waals surface area contributed by atoms with Gasteiger partial charge in [0, 0.05) is 0 Å². The van der Waals surface area contributed by atoms with Crippen LogP contribution in [0, 0.1) is 0 Å². The number of aliphatic hydroxyl groups is 1. The Morgan fingerprint density at radius 3 is 0.881 bits per heavy atom. The lowest BCUT2D eigenvalue weighted by atomic mass is 9.13. The van der Waals surface area contributed by atoms with Gasteiger partial charge in [-0.1, -0.05) is 152 Å². The molecule has 294 valence electrons. The fourth-order valence-electron chi connectivity index (χ4n) is 8.44. The van der Waals surface area contributed by atoms with Gasteiger partial charge in [-0.05, 0) is 78.4 Å². The van der Waals surface area contributed by atoms with Crippen molar-refractivity contribution in [3.63, 3.8) is 0 Å². The van der Waals surface area contributed by atoms with Gasteiger partial charge in [0.1, 0.15) is 58.8 Å². The van der Waals surface area contributed by atoms with Crippen molar-refractivity contribution in [3.8, 4) is 17.2 Å². The Hall–Kier alpha value is -6.39. The first-order valence-corrected chi connectivity index (χ1v) is 21.9. The molecule has 0 saturated carbocycles. The summed E-state index contributed by atoms with van der Waals surface area (Å²) in [5.74, 6) is 2.40. The first-order valence-electron chi connectivity index (χ1n) is 20.0. The Balaban J connectivity index is 0.000000187. The molecule has 8 aromatic carbocycles. The van der Waals surface area contributed by atoms with Crippen molar-refractivity contribution in [2.75, 3.05) is 27.5 Å². The molecule has 4 nitrogen and oxygen atoms in total. The standard InChI is InChI=1S/C29H30O4P.C24H20B/c1-31-23-9-15-26(16-10-23)34(27-17-11-24(32-2)12-18-27,28-19-13-25(33-3)14-20-28)21-29(30)22-7-5-4-6-8-22;1-5-13-21(14-6-1)25(22-15-7-2-8-16-22,23-17-9-3-10-18-23)24-19-11-4-12-20-24/h4-20,29-30H,21H2,1-3H3;1-20H/q+1;-1. The van der Waals surface area contributed by atoms with Crippen LogP contribution < -0.4 is 52.0 Å². The molecular formula is C53H50BO4P. The highest BCUT2D eigenvalue weighted by Crippen LogP contribution is 2.58. The van der Waals surface area contributed by atoms with Crippen LogP contribution >= 0.6 is 7.26 Å². The van der Waals surface area contributed by atoms with E-state index in [0.717, 1.165) is 22.8 Å². The molecule has 0 bridgehead atoms. The van der Waals surface area contributed by atoms with E-state index >= 15 is 0 Å². The van der Waals surface area contributed by atoms with Crippen molar-refractivity contribution >= 4 is 51.2 Å². The van der Waals surface area contributed by atoms with Crippen molar-refractivity contribution in [2.45, 2.75) is 6.10 Å². The monoisotopic (exact) mass is 792 g/mol. The summed E-state index contributed by atoms with van der Waals surface area (Å²) in [5, 5.41) is 15.0. The van der Waals surface area contributed by atoms with Gasteiger partial charge >= 0.3 is 0 Å². The average Bonchev–Trinajstić information content (AvgIpc) is 3.33. The third-order valence-corrected chi connectivity index (χ3v) is 15.8. The second-order valence-corrected chi connectivity index (χ2v) is 18.1. The zero-order chi connectivity index (χ0) is 40.9. The lowest BCUT2D eigenvalue weighted by Gasteiger charge is -2.44. The van der Waals surface area contributed by atoms with Crippen LogP contribution in [-0.2, 0) is 0 Å². The Labute approximate surface area is 350 Å². The fraction of sp³-hybridized carbons (Fsp3) is 0.0943. The van der Waals surface area contributed by atoms with Crippen LogP contribution in [0.5, 0.6) is 17.2 Å². The van der Waals surface area contributed by atoms with Crippen LogP contribution in [0.15, 0.2) is 224 Å². The summed E-state index contributed by atoms with van der Waals surface area (Å²) >= 11 is 0. The van der Waals surface area contributed by atoms with Gasteiger partial charge in [0.15, 0.2) is 0 Å². The summed E-state index contributed by atoms with van der Waals surface area (Å²) in [4.78, 5) is 0. The molecule has 1 N–H and O–H groups in total. The Bertz CT molecular complexity index is 2170. The van der Waals surface area contributed by atoms with Crippen molar-refractivity contribution in [1.29, 1.82) is 0 Å². The van der Waals surface area contributed by atoms with E-state index in [0.29, 0.717) is 6.16 Å². The van der Waals surface area contributed by atoms with Crippen molar-refractivity contribution in [3.05, 3.63) is 230 Å². The molecule has 0 aliphatic rings. The van der Waals surface area contributed by atoms with E-state index in [-0.39, 0.29) is 0 Å². The molecule has 0 aromatic heterocycles. The maximum Gasteiger partial charge on any atom is 0.119 e. The van der Waals surface area contributed by atoms with E-state index in [1.165, 1.54) is 37.8 Å². The topological polar surface area (TPSA) is 47.9 Å². The largest absolute Gasteiger partial charge is 0.497 e. The van der Waals surface area contributed by atoms with Gasteiger partial charge in [0.05, 0.1) is 21.3 Å². The molecule has 0 heterocycles. The normalized spacial score (nSPS) is 11.7. The Kier molecular flexibility index (Phi) is 13.4. The van der Waals surface area contributed by atoms with Crippen molar-refractivity contribution in [1.82, 2.24) is 0 Å². The van der Waals surface area contributed by atoms with Gasteiger partial charge in [-0.15, -0.1) is 0 Å². The van der Waals surface area contributed by atoms with Gasteiger partial charge in [0.25, 0.3) is 0 Å². The first-order chi connectivity index (χ1) is 29.0. The molecule has 8 rings (SSSR count). The average molecular weight is 793 g/mol. The number of methoxy groups -OCH3 is 3. The summed E-state index contributed by atoms with van der Waals surface area (Å²) < 4.78 is 16.3. The van der Waals surface area contributed by atoms with E-state index in [1.54, 1.807) is 21.3 Å². The van der Waals surface area contributed by atoms with Crippen LogP contribution in [-0.4, -0.2) is 38.7 Å². The smallest absolute Gasteiger partial charge is 0.119 e. The molecule has 0 radical (unpaired) electrons. The molecule has 1 atom stereocenters. The van der Waals surface area contributed by atoms with Crippen LogP contribution in [0.3, 0.4) is 0 Å². The maximum atomic E-state index is 11.5. The predicted molar refractivity (Wildman–Crippen MR) is 251 cm³/mol. The molecular weight excluding hydrogens is 742 g/mol. The lowest BCUT2D eigenvalue weighted by Crippen LogP contribution is -2.74. The van der Waals surface area contributed by atoms with Crippen LogP contribution in [0.4, 0.5) is 0 Å². The highest BCUT2D eigenvalue weighted by atomic mass is 31.2. The maximum absolute atomic E-state index is 11.5. The summed E-state index contributed by atoms with van der Waals surface area (Å²) in [7, 11) is 2.73. The van der Waals surface area contributed by atoms with E-state index in [9.17, 15) is 5.11 Å². The van der Waals surface area contributed by atoms with Crippen LogP contribution in [0.2, 0.25) is 0 Å². The van der Waals surface area contributed by atoms with E-state index in [2.05, 4.69) is 158 Å². The summed E-state index contributed by atoms with van der Waals surface area (Å²) in [6.07, 6.45) is -1.30. The van der Waals surface area contributed by atoms with Crippen molar-refractivity contribution < 1.29 is 19.3 Å². The molecule has 0 saturated heterocycles. The highest BCUT2D eigenvalue weighted by Gasteiger charge is 2.47. The number of rotatable bonds is 13. The Morgan fingerprint density at radius 2 is 0.627 bits per heavy atom. The third-order valence-electron chi connectivity index (χ3n) is 11.4. The lowest BCUT2D eigenvalue weighted by molar-refractivity contribution is 0.203. The molecule has 6 heteroatoms. The van der Waals surface area contributed by atoms with Gasteiger partial charge < -0.3 is 19.3 Å². The molecule has 1 unspecified atom stereocenters. The predicted octanol–water partition coefficient (Wildman–Crippen LogP) is 7.80. The second kappa shape index (κ2) is 19.4. The number of hydrogen-bond acceptors (Lipinski definition) is 4. The fourth-order valence-corrected chi connectivity index (χ4v) is 12.7. The molecule has 0 spiro atoms. The molecule has 0 amide bonds. The van der Waals surface area contributed by atoms with Crippen LogP contribution in [0.25, 0.3) is 0 Å².